The number of carbonyl (C=O) groups is 2. The highest BCUT2D eigenvalue weighted by Crippen LogP contribution is 2.46. The zero-order chi connectivity index (χ0) is 30.1. The van der Waals surface area contributed by atoms with Crippen molar-refractivity contribution in [3.8, 4) is 22.6 Å². The van der Waals surface area contributed by atoms with Gasteiger partial charge in [0, 0.05) is 12.7 Å². The fourth-order valence-corrected chi connectivity index (χ4v) is 6.80. The average molecular weight is 573 g/mol. The van der Waals surface area contributed by atoms with Gasteiger partial charge in [-0.1, -0.05) is 70.4 Å². The lowest BCUT2D eigenvalue weighted by Gasteiger charge is -2.38. The first kappa shape index (κ1) is 31.7. The Bertz CT molecular complexity index is 1230. The summed E-state index contributed by atoms with van der Waals surface area (Å²) in [5.41, 5.74) is 3.78. The number of ether oxygens (including phenoxy) is 3. The van der Waals surface area contributed by atoms with Crippen LogP contribution < -0.4 is 9.47 Å². The SMILES string of the molecule is C=C(C)C(=O)Oc1ccc(-c2ccc(OC(=O)C(=C)COC)cc2)cc1C1CCC(C2CCC(CCCC)CC2)CC1. The molecule has 0 aliphatic heterocycles. The lowest BCUT2D eigenvalue weighted by Crippen LogP contribution is -2.25. The number of hydrogen-bond donors (Lipinski definition) is 0. The van der Waals surface area contributed by atoms with Crippen molar-refractivity contribution in [2.24, 2.45) is 17.8 Å². The second-order valence-corrected chi connectivity index (χ2v) is 12.4. The summed E-state index contributed by atoms with van der Waals surface area (Å²) in [6, 6.07) is 13.5. The Hall–Kier alpha value is -3.18. The number of unbranched alkanes of at least 4 members (excludes halogenated alkanes) is 1. The molecule has 0 aromatic heterocycles. The van der Waals surface area contributed by atoms with Crippen LogP contribution in [0.3, 0.4) is 0 Å². The molecule has 2 fully saturated rings. The van der Waals surface area contributed by atoms with Crippen LogP contribution in [0.1, 0.15) is 96.0 Å². The van der Waals surface area contributed by atoms with Gasteiger partial charge in [0.05, 0.1) is 12.2 Å². The first-order chi connectivity index (χ1) is 20.3. The van der Waals surface area contributed by atoms with Crippen molar-refractivity contribution < 1.29 is 23.8 Å². The zero-order valence-electron chi connectivity index (χ0n) is 25.8. The molecule has 5 heteroatoms. The van der Waals surface area contributed by atoms with E-state index in [0.717, 1.165) is 47.3 Å². The molecule has 0 atom stereocenters. The van der Waals surface area contributed by atoms with E-state index in [1.807, 2.05) is 24.3 Å². The second-order valence-electron chi connectivity index (χ2n) is 12.4. The molecule has 2 aliphatic carbocycles. The summed E-state index contributed by atoms with van der Waals surface area (Å²) in [6.45, 7) is 11.6. The fraction of sp³-hybridized carbons (Fsp3) is 0.514. The maximum absolute atomic E-state index is 12.5. The Labute approximate surface area is 252 Å². The summed E-state index contributed by atoms with van der Waals surface area (Å²) in [7, 11) is 1.51. The average Bonchev–Trinajstić information content (AvgIpc) is 3.01. The highest BCUT2D eigenvalue weighted by Gasteiger charge is 2.32. The highest BCUT2D eigenvalue weighted by molar-refractivity contribution is 5.90. The van der Waals surface area contributed by atoms with E-state index in [9.17, 15) is 9.59 Å². The van der Waals surface area contributed by atoms with Gasteiger partial charge >= 0.3 is 11.9 Å². The Balaban J connectivity index is 1.46. The van der Waals surface area contributed by atoms with Crippen molar-refractivity contribution in [1.29, 1.82) is 0 Å². The van der Waals surface area contributed by atoms with Gasteiger partial charge in [-0.3, -0.25) is 0 Å². The van der Waals surface area contributed by atoms with E-state index in [-0.39, 0.29) is 12.2 Å². The van der Waals surface area contributed by atoms with E-state index in [4.69, 9.17) is 14.2 Å². The van der Waals surface area contributed by atoms with Crippen LogP contribution in [0.5, 0.6) is 11.5 Å². The molecule has 0 bridgehead atoms. The molecule has 5 nitrogen and oxygen atoms in total. The first-order valence-corrected chi connectivity index (χ1v) is 15.8. The fourth-order valence-electron chi connectivity index (χ4n) is 6.80. The normalized spacial score (nSPS) is 22.3. The number of rotatable bonds is 12. The number of benzene rings is 2. The highest BCUT2D eigenvalue weighted by atomic mass is 16.5. The molecule has 0 spiro atoms. The summed E-state index contributed by atoms with van der Waals surface area (Å²) >= 11 is 0. The molecule has 0 radical (unpaired) electrons. The van der Waals surface area contributed by atoms with Gasteiger partial charge in [-0.2, -0.15) is 0 Å². The van der Waals surface area contributed by atoms with Crippen molar-refractivity contribution >= 4 is 11.9 Å². The minimum absolute atomic E-state index is 0.129. The van der Waals surface area contributed by atoms with Gasteiger partial charge in [0.1, 0.15) is 11.5 Å². The number of carbonyl (C=O) groups excluding carboxylic acids is 2. The van der Waals surface area contributed by atoms with Crippen LogP contribution in [0.2, 0.25) is 0 Å². The van der Waals surface area contributed by atoms with Gasteiger partial charge < -0.3 is 14.2 Å². The van der Waals surface area contributed by atoms with Gasteiger partial charge in [0.2, 0.25) is 0 Å². The van der Waals surface area contributed by atoms with Crippen molar-refractivity contribution in [3.63, 3.8) is 0 Å². The summed E-state index contributed by atoms with van der Waals surface area (Å²) in [5.74, 6) is 3.17. The van der Waals surface area contributed by atoms with Gasteiger partial charge in [0.15, 0.2) is 0 Å². The van der Waals surface area contributed by atoms with E-state index >= 15 is 0 Å². The predicted octanol–water partition coefficient (Wildman–Crippen LogP) is 9.21. The lowest BCUT2D eigenvalue weighted by molar-refractivity contribution is -0.131. The number of hydrogen-bond acceptors (Lipinski definition) is 5. The largest absolute Gasteiger partial charge is 0.423 e. The predicted molar refractivity (Wildman–Crippen MR) is 169 cm³/mol. The standard InChI is InChI=1S/C37H48O5/c1-6-7-8-27-9-11-28(12-10-27)29-13-15-31(16-14-29)34-23-32(19-22-35(34)42-36(38)25(2)3)30-17-20-33(21-18-30)41-37(39)26(4)24-40-5/h17-23,27-29,31H,2,4,6-16,24H2,1,3,5H3. The minimum atomic E-state index is -0.504. The summed E-state index contributed by atoms with van der Waals surface area (Å²) in [4.78, 5) is 24.7. The smallest absolute Gasteiger partial charge is 0.341 e. The van der Waals surface area contributed by atoms with Crippen LogP contribution in [0.25, 0.3) is 11.1 Å². The van der Waals surface area contributed by atoms with Crippen molar-refractivity contribution in [2.75, 3.05) is 13.7 Å². The van der Waals surface area contributed by atoms with Crippen LogP contribution in [-0.2, 0) is 14.3 Å². The maximum Gasteiger partial charge on any atom is 0.341 e. The van der Waals surface area contributed by atoms with E-state index in [1.165, 1.54) is 64.9 Å². The van der Waals surface area contributed by atoms with Gasteiger partial charge in [-0.25, -0.2) is 9.59 Å². The molecule has 226 valence electrons. The number of methoxy groups -OCH3 is 1. The third-order valence-corrected chi connectivity index (χ3v) is 9.30. The molecule has 0 amide bonds. The molecule has 0 heterocycles. The number of esters is 2. The summed E-state index contributed by atoms with van der Waals surface area (Å²) < 4.78 is 16.2. The van der Waals surface area contributed by atoms with E-state index in [2.05, 4.69) is 26.1 Å². The van der Waals surface area contributed by atoms with E-state index in [0.29, 0.717) is 23.0 Å². The Kier molecular flexibility index (Phi) is 11.6. The second kappa shape index (κ2) is 15.3. The van der Waals surface area contributed by atoms with Gasteiger partial charge in [0.25, 0.3) is 0 Å². The molecular weight excluding hydrogens is 524 g/mol. The maximum atomic E-state index is 12.5. The van der Waals surface area contributed by atoms with Crippen LogP contribution >= 0.6 is 0 Å². The third kappa shape index (κ3) is 8.44. The molecule has 0 saturated heterocycles. The Morgan fingerprint density at radius 2 is 1.43 bits per heavy atom. The van der Waals surface area contributed by atoms with Crippen LogP contribution in [-0.4, -0.2) is 25.7 Å². The minimum Gasteiger partial charge on any atom is -0.423 e. The molecule has 0 unspecified atom stereocenters. The third-order valence-electron chi connectivity index (χ3n) is 9.30. The van der Waals surface area contributed by atoms with Crippen LogP contribution in [0, 0.1) is 17.8 Å². The molecule has 2 aromatic carbocycles. The molecule has 0 N–H and O–H groups in total. The molecule has 4 rings (SSSR count). The van der Waals surface area contributed by atoms with Crippen LogP contribution in [0.15, 0.2) is 66.8 Å². The molecule has 2 saturated carbocycles. The molecule has 42 heavy (non-hydrogen) atoms. The Morgan fingerprint density at radius 3 is 2.02 bits per heavy atom. The summed E-state index contributed by atoms with van der Waals surface area (Å²) in [6.07, 6.45) is 14.4. The van der Waals surface area contributed by atoms with Gasteiger partial charge in [-0.05, 0) is 110 Å². The van der Waals surface area contributed by atoms with Crippen molar-refractivity contribution in [2.45, 2.75) is 90.4 Å². The van der Waals surface area contributed by atoms with E-state index in [1.54, 1.807) is 19.1 Å². The Morgan fingerprint density at radius 1 is 0.810 bits per heavy atom. The molecular formula is C37H48O5. The van der Waals surface area contributed by atoms with Crippen molar-refractivity contribution in [3.05, 3.63) is 72.3 Å². The van der Waals surface area contributed by atoms with E-state index < -0.39 is 11.9 Å². The lowest BCUT2D eigenvalue weighted by atomic mass is 9.68. The molecule has 2 aromatic rings. The first-order valence-electron chi connectivity index (χ1n) is 15.8. The van der Waals surface area contributed by atoms with Crippen LogP contribution in [0.4, 0.5) is 0 Å². The zero-order valence-corrected chi connectivity index (χ0v) is 25.8. The van der Waals surface area contributed by atoms with Crippen molar-refractivity contribution in [1.82, 2.24) is 0 Å². The molecule has 2 aliphatic rings. The summed E-state index contributed by atoms with van der Waals surface area (Å²) in [5, 5.41) is 0. The topological polar surface area (TPSA) is 61.8 Å². The monoisotopic (exact) mass is 572 g/mol. The quantitative estimate of drug-likeness (QED) is 0.144. The van der Waals surface area contributed by atoms with Gasteiger partial charge in [-0.15, -0.1) is 0 Å².